The van der Waals surface area contributed by atoms with Gasteiger partial charge in [-0.25, -0.2) is 0 Å². The van der Waals surface area contributed by atoms with Gasteiger partial charge in [0.1, 0.15) is 11.6 Å². The summed E-state index contributed by atoms with van der Waals surface area (Å²) in [6.45, 7) is 0. The zero-order valence-electron chi connectivity index (χ0n) is 9.15. The van der Waals surface area contributed by atoms with Crippen molar-refractivity contribution >= 4 is 18.0 Å². The number of methoxy groups -OCH3 is 1. The SMILES string of the molecule is COc1cccc(-c2[nH]c(=S)n(C)c2N)c1. The Hall–Kier alpha value is -1.75. The Morgan fingerprint density at radius 3 is 2.75 bits per heavy atom. The van der Waals surface area contributed by atoms with Crippen LogP contribution in [0.5, 0.6) is 5.75 Å². The molecule has 1 aromatic carbocycles. The van der Waals surface area contributed by atoms with Gasteiger partial charge in [-0.15, -0.1) is 0 Å². The molecule has 1 heterocycles. The molecule has 0 radical (unpaired) electrons. The topological polar surface area (TPSA) is 56.0 Å². The molecule has 0 aliphatic carbocycles. The molecule has 0 fully saturated rings. The molecule has 16 heavy (non-hydrogen) atoms. The minimum atomic E-state index is 0.607. The van der Waals surface area contributed by atoms with Crippen molar-refractivity contribution in [1.29, 1.82) is 0 Å². The molecule has 2 rings (SSSR count). The van der Waals surface area contributed by atoms with E-state index < -0.39 is 0 Å². The first-order valence-electron chi connectivity index (χ1n) is 4.82. The maximum atomic E-state index is 5.95. The second-order valence-electron chi connectivity index (χ2n) is 3.48. The Balaban J connectivity index is 2.58. The van der Waals surface area contributed by atoms with E-state index >= 15 is 0 Å². The number of hydrogen-bond donors (Lipinski definition) is 2. The van der Waals surface area contributed by atoms with Gasteiger partial charge in [0.2, 0.25) is 0 Å². The normalized spacial score (nSPS) is 10.4. The fourth-order valence-electron chi connectivity index (χ4n) is 1.53. The number of nitrogens with zero attached hydrogens (tertiary/aromatic N) is 1. The van der Waals surface area contributed by atoms with Gasteiger partial charge < -0.3 is 20.0 Å². The molecular formula is C11H13N3OS. The molecule has 2 aromatic rings. The Morgan fingerprint density at radius 1 is 1.44 bits per heavy atom. The summed E-state index contributed by atoms with van der Waals surface area (Å²) >= 11 is 5.12. The van der Waals surface area contributed by atoms with E-state index in [9.17, 15) is 0 Å². The zero-order chi connectivity index (χ0) is 11.7. The molecule has 0 bridgehead atoms. The maximum Gasteiger partial charge on any atom is 0.178 e. The number of nitrogens with two attached hydrogens (primary N) is 1. The lowest BCUT2D eigenvalue weighted by atomic mass is 10.1. The number of imidazole rings is 1. The van der Waals surface area contributed by atoms with Crippen LogP contribution < -0.4 is 10.5 Å². The molecule has 4 nitrogen and oxygen atoms in total. The summed E-state index contributed by atoms with van der Waals surface area (Å²) in [5.74, 6) is 1.42. The monoisotopic (exact) mass is 235 g/mol. The number of anilines is 1. The molecule has 0 aliphatic rings. The number of ether oxygens (including phenoxy) is 1. The van der Waals surface area contributed by atoms with E-state index in [2.05, 4.69) is 4.98 Å². The predicted octanol–water partition coefficient (Wildman–Crippen LogP) is 2.34. The fourth-order valence-corrected chi connectivity index (χ4v) is 1.73. The van der Waals surface area contributed by atoms with Crippen LogP contribution in [0.3, 0.4) is 0 Å². The number of H-pyrrole nitrogens is 1. The number of benzene rings is 1. The summed E-state index contributed by atoms with van der Waals surface area (Å²) in [6.07, 6.45) is 0. The summed E-state index contributed by atoms with van der Waals surface area (Å²) in [7, 11) is 3.47. The molecule has 84 valence electrons. The second-order valence-corrected chi connectivity index (χ2v) is 3.87. The van der Waals surface area contributed by atoms with E-state index in [4.69, 9.17) is 22.7 Å². The molecular weight excluding hydrogens is 222 g/mol. The highest BCUT2D eigenvalue weighted by Crippen LogP contribution is 2.27. The van der Waals surface area contributed by atoms with Crippen molar-refractivity contribution in [3.63, 3.8) is 0 Å². The molecule has 0 saturated carbocycles. The first-order valence-corrected chi connectivity index (χ1v) is 5.23. The van der Waals surface area contributed by atoms with E-state index in [1.165, 1.54) is 0 Å². The van der Waals surface area contributed by atoms with Gasteiger partial charge in [-0.2, -0.15) is 0 Å². The van der Waals surface area contributed by atoms with Crippen LogP contribution in [0.2, 0.25) is 0 Å². The number of nitrogen functional groups attached to an aromatic ring is 1. The van der Waals surface area contributed by atoms with Crippen LogP contribution in [0, 0.1) is 4.77 Å². The molecule has 0 unspecified atom stereocenters. The molecule has 0 amide bonds. The van der Waals surface area contributed by atoms with Crippen molar-refractivity contribution in [2.24, 2.45) is 7.05 Å². The quantitative estimate of drug-likeness (QED) is 0.785. The highest BCUT2D eigenvalue weighted by Gasteiger charge is 2.08. The van der Waals surface area contributed by atoms with Crippen LogP contribution >= 0.6 is 12.2 Å². The molecule has 0 spiro atoms. The fraction of sp³-hybridized carbons (Fsp3) is 0.182. The third-order valence-corrected chi connectivity index (χ3v) is 2.89. The van der Waals surface area contributed by atoms with Gasteiger partial charge in [0, 0.05) is 12.6 Å². The van der Waals surface area contributed by atoms with Crippen LogP contribution in [0.25, 0.3) is 11.3 Å². The lowest BCUT2D eigenvalue weighted by Crippen LogP contribution is -1.96. The van der Waals surface area contributed by atoms with E-state index in [1.807, 2.05) is 31.3 Å². The van der Waals surface area contributed by atoms with Crippen molar-refractivity contribution in [3.05, 3.63) is 29.0 Å². The molecule has 1 aromatic heterocycles. The van der Waals surface area contributed by atoms with Crippen molar-refractivity contribution in [3.8, 4) is 17.0 Å². The number of rotatable bonds is 2. The van der Waals surface area contributed by atoms with E-state index in [1.54, 1.807) is 11.7 Å². The van der Waals surface area contributed by atoms with Crippen molar-refractivity contribution < 1.29 is 4.74 Å². The first kappa shape index (κ1) is 10.8. The predicted molar refractivity (Wildman–Crippen MR) is 67.0 cm³/mol. The van der Waals surface area contributed by atoms with Crippen molar-refractivity contribution in [2.45, 2.75) is 0 Å². The average Bonchev–Trinajstić information content (AvgIpc) is 2.57. The van der Waals surface area contributed by atoms with Gasteiger partial charge in [0.15, 0.2) is 4.77 Å². The summed E-state index contributed by atoms with van der Waals surface area (Å²) in [5.41, 5.74) is 7.74. The Morgan fingerprint density at radius 2 is 2.19 bits per heavy atom. The Labute approximate surface area is 98.7 Å². The number of nitrogens with one attached hydrogen (secondary N) is 1. The zero-order valence-corrected chi connectivity index (χ0v) is 9.97. The summed E-state index contributed by atoms with van der Waals surface area (Å²) < 4.78 is 7.51. The summed E-state index contributed by atoms with van der Waals surface area (Å²) in [4.78, 5) is 3.08. The minimum absolute atomic E-state index is 0.607. The third kappa shape index (κ3) is 1.69. The molecule has 0 saturated heterocycles. The molecule has 0 aliphatic heterocycles. The van der Waals surface area contributed by atoms with Crippen LogP contribution in [0.1, 0.15) is 0 Å². The lowest BCUT2D eigenvalue weighted by molar-refractivity contribution is 0.415. The smallest absolute Gasteiger partial charge is 0.178 e. The van der Waals surface area contributed by atoms with Crippen LogP contribution in [-0.4, -0.2) is 16.7 Å². The Kier molecular flexibility index (Phi) is 2.70. The maximum absolute atomic E-state index is 5.95. The summed E-state index contributed by atoms with van der Waals surface area (Å²) in [5, 5.41) is 0. The highest BCUT2D eigenvalue weighted by atomic mass is 32.1. The van der Waals surface area contributed by atoms with E-state index in [0.29, 0.717) is 10.6 Å². The summed E-state index contributed by atoms with van der Waals surface area (Å²) in [6, 6.07) is 7.67. The minimum Gasteiger partial charge on any atom is -0.497 e. The van der Waals surface area contributed by atoms with Gasteiger partial charge >= 0.3 is 0 Å². The van der Waals surface area contributed by atoms with Gasteiger partial charge in [-0.3, -0.25) is 0 Å². The van der Waals surface area contributed by atoms with Crippen molar-refractivity contribution in [2.75, 3.05) is 12.8 Å². The second kappa shape index (κ2) is 4.02. The number of aromatic amines is 1. The third-order valence-electron chi connectivity index (χ3n) is 2.51. The largest absolute Gasteiger partial charge is 0.497 e. The van der Waals surface area contributed by atoms with E-state index in [0.717, 1.165) is 17.0 Å². The van der Waals surface area contributed by atoms with Crippen molar-refractivity contribution in [1.82, 2.24) is 9.55 Å². The lowest BCUT2D eigenvalue weighted by Gasteiger charge is -2.03. The Bertz CT molecular complexity index is 571. The standard InChI is InChI=1S/C11H13N3OS/c1-14-10(12)9(13-11(14)16)7-4-3-5-8(6-7)15-2/h3-6H,12H2,1-2H3,(H,13,16). The highest BCUT2D eigenvalue weighted by molar-refractivity contribution is 7.71. The first-order chi connectivity index (χ1) is 7.63. The van der Waals surface area contributed by atoms with Gasteiger partial charge in [-0.05, 0) is 24.4 Å². The number of hydrogen-bond acceptors (Lipinski definition) is 3. The van der Waals surface area contributed by atoms with Crippen LogP contribution in [0.15, 0.2) is 24.3 Å². The van der Waals surface area contributed by atoms with Crippen LogP contribution in [-0.2, 0) is 7.05 Å². The average molecular weight is 235 g/mol. The number of aromatic nitrogens is 2. The molecule has 5 heteroatoms. The molecule has 0 atom stereocenters. The van der Waals surface area contributed by atoms with Gasteiger partial charge in [0.25, 0.3) is 0 Å². The van der Waals surface area contributed by atoms with Crippen LogP contribution in [0.4, 0.5) is 5.82 Å². The molecule has 3 N–H and O–H groups in total. The van der Waals surface area contributed by atoms with Gasteiger partial charge in [0.05, 0.1) is 12.8 Å². The van der Waals surface area contributed by atoms with E-state index in [-0.39, 0.29) is 0 Å². The van der Waals surface area contributed by atoms with Gasteiger partial charge in [-0.1, -0.05) is 12.1 Å².